The minimum atomic E-state index is -1.08. The molecule has 0 aliphatic carbocycles. The van der Waals surface area contributed by atoms with Crippen LogP contribution in [0, 0.1) is 0 Å². The molecule has 0 bridgehead atoms. The van der Waals surface area contributed by atoms with Crippen molar-refractivity contribution >= 4 is 8.60 Å². The van der Waals surface area contributed by atoms with Crippen molar-refractivity contribution in [2.24, 2.45) is 0 Å². The van der Waals surface area contributed by atoms with E-state index in [0.29, 0.717) is 0 Å². The second-order valence-corrected chi connectivity index (χ2v) is 3.92. The summed E-state index contributed by atoms with van der Waals surface area (Å²) in [7, 11) is 2.12. The van der Waals surface area contributed by atoms with E-state index in [1.54, 1.807) is 14.2 Å². The molecule has 4 heteroatoms. The summed E-state index contributed by atoms with van der Waals surface area (Å²) < 4.78 is 15.2. The summed E-state index contributed by atoms with van der Waals surface area (Å²) in [5.41, 5.74) is 0. The Bertz CT molecular complexity index is 86.4. The highest BCUT2D eigenvalue weighted by Crippen LogP contribution is 2.37. The minimum Gasteiger partial charge on any atom is -0.316 e. The van der Waals surface area contributed by atoms with Gasteiger partial charge in [0.15, 0.2) is 0 Å². The van der Waals surface area contributed by atoms with E-state index in [0.717, 1.165) is 13.0 Å². The van der Waals surface area contributed by atoms with Gasteiger partial charge in [0.1, 0.15) is 0 Å². The van der Waals surface area contributed by atoms with Crippen molar-refractivity contribution in [2.45, 2.75) is 32.6 Å². The molecular weight excluding hydrogens is 175 g/mol. The molecule has 0 spiro atoms. The van der Waals surface area contributed by atoms with Gasteiger partial charge in [0, 0.05) is 14.2 Å². The van der Waals surface area contributed by atoms with Crippen molar-refractivity contribution in [3.05, 3.63) is 0 Å². The zero-order valence-corrected chi connectivity index (χ0v) is 9.10. The Hall–Kier alpha value is 0.310. The third kappa shape index (κ3) is 6.99. The molecule has 0 radical (unpaired) electrons. The van der Waals surface area contributed by atoms with Gasteiger partial charge in [-0.2, -0.15) is 0 Å². The molecular formula is C8H19O3P. The van der Waals surface area contributed by atoms with Crippen molar-refractivity contribution in [1.29, 1.82) is 0 Å². The Kier molecular flexibility index (Phi) is 9.64. The van der Waals surface area contributed by atoms with Crippen molar-refractivity contribution in [3.8, 4) is 0 Å². The predicted molar refractivity (Wildman–Crippen MR) is 51.0 cm³/mol. The van der Waals surface area contributed by atoms with Crippen LogP contribution < -0.4 is 0 Å². The standard InChI is InChI=1S/C8H19O3P/c1-4-5-6-7-8-11-12(9-2)10-3/h4-8H2,1-3H3. The number of unbranched alkanes of at least 4 members (excludes halogenated alkanes) is 3. The van der Waals surface area contributed by atoms with Crippen molar-refractivity contribution < 1.29 is 13.6 Å². The molecule has 0 aliphatic rings. The first-order valence-corrected chi connectivity index (χ1v) is 5.46. The first-order chi connectivity index (χ1) is 5.85. The molecule has 0 N–H and O–H groups in total. The highest BCUT2D eigenvalue weighted by atomic mass is 31.2. The Morgan fingerprint density at radius 1 is 1.00 bits per heavy atom. The number of rotatable bonds is 8. The van der Waals surface area contributed by atoms with Gasteiger partial charge in [0.05, 0.1) is 6.61 Å². The highest BCUT2D eigenvalue weighted by molar-refractivity contribution is 7.41. The Balaban J connectivity index is 3.06. The molecule has 0 saturated carbocycles. The van der Waals surface area contributed by atoms with Crippen molar-refractivity contribution in [3.63, 3.8) is 0 Å². The molecule has 0 fully saturated rings. The van der Waals surface area contributed by atoms with Gasteiger partial charge in [0.25, 0.3) is 0 Å². The molecule has 0 atom stereocenters. The fourth-order valence-corrected chi connectivity index (χ4v) is 1.49. The highest BCUT2D eigenvalue weighted by Gasteiger charge is 2.05. The maximum absolute atomic E-state index is 5.31. The third-order valence-corrected chi connectivity index (χ3v) is 2.48. The topological polar surface area (TPSA) is 27.7 Å². The molecule has 0 rings (SSSR count). The van der Waals surface area contributed by atoms with Crippen LogP contribution in [0.4, 0.5) is 0 Å². The second-order valence-electron chi connectivity index (χ2n) is 2.48. The summed E-state index contributed by atoms with van der Waals surface area (Å²) in [5.74, 6) is 0. The zero-order chi connectivity index (χ0) is 9.23. The van der Waals surface area contributed by atoms with E-state index in [-0.39, 0.29) is 0 Å². The van der Waals surface area contributed by atoms with Gasteiger partial charge in [-0.05, 0) is 6.42 Å². The van der Waals surface area contributed by atoms with Crippen LogP contribution in [0.1, 0.15) is 32.6 Å². The van der Waals surface area contributed by atoms with Crippen LogP contribution in [0.2, 0.25) is 0 Å². The zero-order valence-electron chi connectivity index (χ0n) is 8.21. The van der Waals surface area contributed by atoms with Crippen LogP contribution >= 0.6 is 8.60 Å². The third-order valence-electron chi connectivity index (χ3n) is 1.49. The second kappa shape index (κ2) is 9.40. The fourth-order valence-electron chi connectivity index (χ4n) is 0.848. The lowest BCUT2D eigenvalue weighted by molar-refractivity contribution is 0.202. The molecule has 0 aromatic rings. The molecule has 0 saturated heterocycles. The summed E-state index contributed by atoms with van der Waals surface area (Å²) in [6.07, 6.45) is 4.86. The first-order valence-electron chi connectivity index (χ1n) is 4.36. The largest absolute Gasteiger partial charge is 0.332 e. The van der Waals surface area contributed by atoms with Gasteiger partial charge < -0.3 is 13.6 Å². The van der Waals surface area contributed by atoms with E-state index < -0.39 is 8.60 Å². The van der Waals surface area contributed by atoms with E-state index >= 15 is 0 Å². The summed E-state index contributed by atoms with van der Waals surface area (Å²) in [6, 6.07) is 0. The van der Waals surface area contributed by atoms with Crippen LogP contribution in [-0.4, -0.2) is 20.8 Å². The fraction of sp³-hybridized carbons (Fsp3) is 1.00. The molecule has 74 valence electrons. The molecule has 0 aliphatic heterocycles. The van der Waals surface area contributed by atoms with Crippen LogP contribution in [0.15, 0.2) is 0 Å². The Morgan fingerprint density at radius 3 is 2.17 bits per heavy atom. The van der Waals surface area contributed by atoms with Crippen molar-refractivity contribution in [2.75, 3.05) is 20.8 Å². The minimum absolute atomic E-state index is 0.743. The number of hydrogen-bond acceptors (Lipinski definition) is 3. The summed E-state index contributed by atoms with van der Waals surface area (Å²) in [6.45, 7) is 2.94. The maximum Gasteiger partial charge on any atom is 0.332 e. The Morgan fingerprint density at radius 2 is 1.67 bits per heavy atom. The van der Waals surface area contributed by atoms with Gasteiger partial charge in [0.2, 0.25) is 0 Å². The van der Waals surface area contributed by atoms with Gasteiger partial charge >= 0.3 is 8.60 Å². The molecule has 3 nitrogen and oxygen atoms in total. The molecule has 0 heterocycles. The van der Waals surface area contributed by atoms with Gasteiger partial charge in [-0.15, -0.1) is 0 Å². The van der Waals surface area contributed by atoms with Gasteiger partial charge in [-0.3, -0.25) is 0 Å². The van der Waals surface area contributed by atoms with E-state index in [1.807, 2.05) is 0 Å². The van der Waals surface area contributed by atoms with E-state index in [1.165, 1.54) is 19.3 Å². The number of hydrogen-bond donors (Lipinski definition) is 0. The lowest BCUT2D eigenvalue weighted by atomic mass is 10.2. The van der Waals surface area contributed by atoms with Crippen LogP contribution in [0.25, 0.3) is 0 Å². The lowest BCUT2D eigenvalue weighted by Gasteiger charge is -2.10. The SMILES string of the molecule is CCCCCCOP(OC)OC. The summed E-state index contributed by atoms with van der Waals surface area (Å²) in [4.78, 5) is 0. The predicted octanol–water partition coefficient (Wildman–Crippen LogP) is 3.10. The monoisotopic (exact) mass is 194 g/mol. The molecule has 0 amide bonds. The van der Waals surface area contributed by atoms with E-state index in [9.17, 15) is 0 Å². The average molecular weight is 194 g/mol. The van der Waals surface area contributed by atoms with Gasteiger partial charge in [-0.1, -0.05) is 26.2 Å². The van der Waals surface area contributed by atoms with E-state index in [4.69, 9.17) is 13.6 Å². The molecule has 0 unspecified atom stereocenters. The van der Waals surface area contributed by atoms with Crippen LogP contribution in [0.5, 0.6) is 0 Å². The van der Waals surface area contributed by atoms with E-state index in [2.05, 4.69) is 6.92 Å². The average Bonchev–Trinajstić information content (AvgIpc) is 2.11. The smallest absolute Gasteiger partial charge is 0.316 e. The van der Waals surface area contributed by atoms with Crippen LogP contribution in [0.3, 0.4) is 0 Å². The van der Waals surface area contributed by atoms with Gasteiger partial charge in [-0.25, -0.2) is 0 Å². The summed E-state index contributed by atoms with van der Waals surface area (Å²) >= 11 is 0. The Labute approximate surface area is 76.4 Å². The first kappa shape index (κ1) is 12.3. The normalized spacial score (nSPS) is 11.0. The van der Waals surface area contributed by atoms with Crippen LogP contribution in [-0.2, 0) is 13.6 Å². The molecule has 12 heavy (non-hydrogen) atoms. The molecule has 0 aromatic heterocycles. The quantitative estimate of drug-likeness (QED) is 0.439. The van der Waals surface area contributed by atoms with Crippen molar-refractivity contribution in [1.82, 2.24) is 0 Å². The lowest BCUT2D eigenvalue weighted by Crippen LogP contribution is -1.92. The molecule has 0 aromatic carbocycles. The summed E-state index contributed by atoms with van der Waals surface area (Å²) in [5, 5.41) is 0. The maximum atomic E-state index is 5.31.